The fraction of sp³-hybridized carbons (Fsp3) is 0.417. The Balaban J connectivity index is 1.58. The van der Waals surface area contributed by atoms with Crippen molar-refractivity contribution in [2.24, 2.45) is 0 Å². The Hall–Kier alpha value is -3.63. The predicted octanol–water partition coefficient (Wildman–Crippen LogP) is 3.84. The highest BCUT2D eigenvalue weighted by atomic mass is 32.3. The highest BCUT2D eigenvalue weighted by Crippen LogP contribution is 2.36. The fourth-order valence-electron chi connectivity index (χ4n) is 5.99. The Morgan fingerprint density at radius 1 is 0.648 bits per heavy atom. The molecule has 0 radical (unpaired) electrons. The topological polar surface area (TPSA) is 209 Å². The summed E-state index contributed by atoms with van der Waals surface area (Å²) >= 11 is 0. The monoisotopic (exact) mass is 794 g/mol. The number of benzene rings is 3. The minimum atomic E-state index is -5.16. The Labute approximate surface area is 313 Å². The zero-order valence-corrected chi connectivity index (χ0v) is 30.9. The molecule has 2 saturated heterocycles. The van der Waals surface area contributed by atoms with E-state index in [1.807, 2.05) is 6.07 Å². The summed E-state index contributed by atoms with van der Waals surface area (Å²) in [5.74, 6) is -0.903. The van der Waals surface area contributed by atoms with Crippen LogP contribution in [0.25, 0.3) is 0 Å². The third-order valence-electron chi connectivity index (χ3n) is 8.41. The van der Waals surface area contributed by atoms with Crippen molar-refractivity contribution in [2.75, 3.05) is 6.61 Å². The maximum atomic E-state index is 13.5. The Morgan fingerprint density at radius 2 is 1.09 bits per heavy atom. The highest BCUT2D eigenvalue weighted by molar-refractivity contribution is 7.81. The molecular formula is C36H42O16S2. The molecule has 2 aliphatic rings. The molecule has 2 aliphatic heterocycles. The van der Waals surface area contributed by atoms with E-state index in [2.05, 4.69) is 6.58 Å². The first kappa shape index (κ1) is 41.5. The summed E-state index contributed by atoms with van der Waals surface area (Å²) in [7, 11) is -10.3. The molecule has 294 valence electrons. The van der Waals surface area contributed by atoms with Gasteiger partial charge in [-0.15, -0.1) is 6.58 Å². The molecule has 0 spiro atoms. The van der Waals surface area contributed by atoms with E-state index in [4.69, 9.17) is 41.5 Å². The number of esters is 1. The number of carbonyl (C=O) groups is 1. The van der Waals surface area contributed by atoms with Crippen LogP contribution in [0, 0.1) is 0 Å². The van der Waals surface area contributed by atoms with Gasteiger partial charge in [-0.3, -0.25) is 9.11 Å². The summed E-state index contributed by atoms with van der Waals surface area (Å²) in [4.78, 5) is 13.5. The van der Waals surface area contributed by atoms with Crippen molar-refractivity contribution in [1.82, 2.24) is 0 Å². The third kappa shape index (κ3) is 11.7. The molecule has 16 nitrogen and oxygen atoms in total. The lowest BCUT2D eigenvalue weighted by Gasteiger charge is -2.48. The van der Waals surface area contributed by atoms with Gasteiger partial charge < -0.3 is 33.2 Å². The Morgan fingerprint density at radius 3 is 1.57 bits per heavy atom. The van der Waals surface area contributed by atoms with E-state index in [0.29, 0.717) is 11.1 Å². The first-order valence-electron chi connectivity index (χ1n) is 16.8. The lowest BCUT2D eigenvalue weighted by molar-refractivity contribution is -0.359. The number of ether oxygens (including phenoxy) is 7. The zero-order valence-electron chi connectivity index (χ0n) is 29.3. The van der Waals surface area contributed by atoms with Gasteiger partial charge in [0.15, 0.2) is 18.7 Å². The maximum Gasteiger partial charge on any atom is 0.397 e. The van der Waals surface area contributed by atoms with Gasteiger partial charge in [0.25, 0.3) is 0 Å². The van der Waals surface area contributed by atoms with Crippen molar-refractivity contribution >= 4 is 26.8 Å². The van der Waals surface area contributed by atoms with Gasteiger partial charge in [-0.25, -0.2) is 13.2 Å². The minimum absolute atomic E-state index is 0.0228. The zero-order chi connectivity index (χ0) is 38.9. The molecule has 0 saturated carbocycles. The second-order valence-corrected chi connectivity index (χ2v) is 14.5. The summed E-state index contributed by atoms with van der Waals surface area (Å²) in [6.07, 6.45) is -13.1. The molecule has 54 heavy (non-hydrogen) atoms. The van der Waals surface area contributed by atoms with E-state index < -0.39 is 88.2 Å². The van der Waals surface area contributed by atoms with Crippen molar-refractivity contribution in [3.8, 4) is 0 Å². The molecule has 10 atom stereocenters. The van der Waals surface area contributed by atoms with E-state index in [0.717, 1.165) is 0 Å². The Bertz CT molecular complexity index is 1860. The van der Waals surface area contributed by atoms with Crippen LogP contribution in [0.3, 0.4) is 0 Å². The van der Waals surface area contributed by atoms with Gasteiger partial charge in [0, 0.05) is 0 Å². The standard InChI is InChI=1S/C36H42O16S2/c1-4-20-44-35-32(45-21-25-14-8-5-9-15-25)31(29(23(2)47-35)52-54(41,42)43)50-36-33(46-22-26-16-10-6-11-17-26)30(28(24(3)48-36)51-53(38,39)40)49-34(37)27-18-12-7-13-19-27/h4-19,23-24,28-33,35-36H,1,20-22H2,2-3H3,(H,38,39,40)(H,41,42,43)/t23-,24-,28+,29+,30+,31+,32-,33-,35+,36-/m0/s1. The quantitative estimate of drug-likeness (QED) is 0.113. The van der Waals surface area contributed by atoms with Crippen molar-refractivity contribution in [2.45, 2.75) is 88.5 Å². The molecule has 0 unspecified atom stereocenters. The second kappa shape index (κ2) is 18.8. The molecule has 0 aromatic heterocycles. The van der Waals surface area contributed by atoms with Crippen LogP contribution in [0.2, 0.25) is 0 Å². The summed E-state index contributed by atoms with van der Waals surface area (Å²) in [5, 5.41) is 0. The molecule has 0 bridgehead atoms. The summed E-state index contributed by atoms with van der Waals surface area (Å²) in [6.45, 7) is 6.27. The average Bonchev–Trinajstić information content (AvgIpc) is 3.13. The van der Waals surface area contributed by atoms with Crippen LogP contribution in [-0.4, -0.2) is 99.9 Å². The molecule has 3 aromatic carbocycles. The van der Waals surface area contributed by atoms with Gasteiger partial charge in [-0.05, 0) is 37.1 Å². The van der Waals surface area contributed by atoms with Crippen molar-refractivity contribution in [3.05, 3.63) is 120 Å². The van der Waals surface area contributed by atoms with Gasteiger partial charge in [-0.1, -0.05) is 84.9 Å². The van der Waals surface area contributed by atoms with Gasteiger partial charge in [0.1, 0.15) is 30.5 Å². The molecular weight excluding hydrogens is 753 g/mol. The molecule has 5 rings (SSSR count). The molecule has 2 fully saturated rings. The third-order valence-corrected chi connectivity index (χ3v) is 9.34. The van der Waals surface area contributed by atoms with E-state index in [-0.39, 0.29) is 25.4 Å². The van der Waals surface area contributed by atoms with Crippen LogP contribution in [0.1, 0.15) is 35.3 Å². The molecule has 0 amide bonds. The lowest BCUT2D eigenvalue weighted by atomic mass is 9.97. The summed E-state index contributed by atoms with van der Waals surface area (Å²) in [6, 6.07) is 25.5. The highest BCUT2D eigenvalue weighted by Gasteiger charge is 2.55. The van der Waals surface area contributed by atoms with E-state index in [1.54, 1.807) is 72.8 Å². The van der Waals surface area contributed by atoms with Crippen LogP contribution in [-0.2, 0) is 75.5 Å². The van der Waals surface area contributed by atoms with Crippen LogP contribution in [0.15, 0.2) is 104 Å². The van der Waals surface area contributed by atoms with Gasteiger partial charge in [0.2, 0.25) is 0 Å². The number of hydrogen-bond donors (Lipinski definition) is 2. The first-order valence-corrected chi connectivity index (χ1v) is 19.5. The summed E-state index contributed by atoms with van der Waals surface area (Å²) in [5.41, 5.74) is 1.46. The van der Waals surface area contributed by atoms with Gasteiger partial charge in [-0.2, -0.15) is 16.8 Å². The fourth-order valence-corrected chi connectivity index (χ4v) is 7.09. The molecule has 2 heterocycles. The SMILES string of the molecule is C=CCO[C@@H]1O[C@@H](C)[C@@H](OS(=O)(=O)O)[C@@H](O[C@@H]2O[C@@H](C)[C@@H](OS(=O)(=O)O)[C@@H](OC(=O)c3ccccc3)[C@@H]2OCc2ccccc2)[C@@H]1OCc1ccccc1. The normalized spacial score (nSPS) is 29.0. The molecule has 18 heteroatoms. The van der Waals surface area contributed by atoms with E-state index in [9.17, 15) is 30.7 Å². The Kier molecular flexibility index (Phi) is 14.5. The minimum Gasteiger partial charge on any atom is -0.453 e. The second-order valence-electron chi connectivity index (χ2n) is 12.4. The van der Waals surface area contributed by atoms with Gasteiger partial charge >= 0.3 is 26.8 Å². The van der Waals surface area contributed by atoms with Crippen LogP contribution < -0.4 is 0 Å². The molecule has 2 N–H and O–H groups in total. The van der Waals surface area contributed by atoms with Crippen molar-refractivity contribution in [3.63, 3.8) is 0 Å². The summed E-state index contributed by atoms with van der Waals surface area (Å²) < 4.78 is 121. The number of carbonyl (C=O) groups excluding carboxylic acids is 1. The predicted molar refractivity (Wildman–Crippen MR) is 188 cm³/mol. The first-order chi connectivity index (χ1) is 25.7. The van der Waals surface area contributed by atoms with Crippen LogP contribution in [0.4, 0.5) is 0 Å². The lowest BCUT2D eigenvalue weighted by Crippen LogP contribution is -2.65. The largest absolute Gasteiger partial charge is 0.453 e. The average molecular weight is 795 g/mol. The van der Waals surface area contributed by atoms with Crippen LogP contribution in [0.5, 0.6) is 0 Å². The van der Waals surface area contributed by atoms with E-state index in [1.165, 1.54) is 32.1 Å². The molecule has 0 aliphatic carbocycles. The number of rotatable bonds is 17. The van der Waals surface area contributed by atoms with Crippen LogP contribution >= 0.6 is 0 Å². The van der Waals surface area contributed by atoms with Crippen molar-refractivity contribution in [1.29, 1.82) is 0 Å². The van der Waals surface area contributed by atoms with Crippen molar-refractivity contribution < 1.29 is 72.3 Å². The molecule has 3 aromatic rings. The smallest absolute Gasteiger partial charge is 0.397 e. The maximum absolute atomic E-state index is 13.5. The van der Waals surface area contributed by atoms with E-state index >= 15 is 0 Å². The number of hydrogen-bond acceptors (Lipinski definition) is 14. The van der Waals surface area contributed by atoms with Gasteiger partial charge in [0.05, 0.1) is 37.6 Å².